The number of carbonyl (C=O) groups excluding carboxylic acids is 1. The lowest BCUT2D eigenvalue weighted by Crippen LogP contribution is -2.28. The van der Waals surface area contributed by atoms with Crippen LogP contribution in [0.2, 0.25) is 0 Å². The molecule has 0 amide bonds. The van der Waals surface area contributed by atoms with Crippen LogP contribution in [0.25, 0.3) is 5.57 Å². The van der Waals surface area contributed by atoms with E-state index >= 15 is 0 Å². The third-order valence-corrected chi connectivity index (χ3v) is 3.88. The third-order valence-electron chi connectivity index (χ3n) is 3.88. The maximum Gasteiger partial charge on any atom is 0.357 e. The van der Waals surface area contributed by atoms with Gasteiger partial charge >= 0.3 is 5.97 Å². The van der Waals surface area contributed by atoms with E-state index in [1.807, 2.05) is 38.1 Å². The van der Waals surface area contributed by atoms with Crippen LogP contribution in [-0.2, 0) is 9.53 Å². The zero-order chi connectivity index (χ0) is 19.3. The molecule has 1 heterocycles. The maximum atomic E-state index is 12.2. The zero-order valence-electron chi connectivity index (χ0n) is 15.8. The van der Waals surface area contributed by atoms with Gasteiger partial charge in [0.05, 0.1) is 13.7 Å². The van der Waals surface area contributed by atoms with Crippen molar-refractivity contribution in [2.45, 2.75) is 27.7 Å². The summed E-state index contributed by atoms with van der Waals surface area (Å²) >= 11 is 0. The van der Waals surface area contributed by atoms with Crippen molar-refractivity contribution in [2.75, 3.05) is 13.7 Å². The van der Waals surface area contributed by atoms with E-state index in [1.54, 1.807) is 27.0 Å². The molecule has 2 N–H and O–H groups in total. The van der Waals surface area contributed by atoms with Gasteiger partial charge in [0.25, 0.3) is 0 Å². The molecule has 0 spiro atoms. The summed E-state index contributed by atoms with van der Waals surface area (Å²) < 4.78 is 10.5. The Balaban J connectivity index is 2.67. The Hall–Kier alpha value is -2.89. The van der Waals surface area contributed by atoms with Gasteiger partial charge in [0.15, 0.2) is 5.71 Å². The minimum absolute atomic E-state index is 0.148. The normalized spacial score (nSPS) is 15.6. The van der Waals surface area contributed by atoms with Gasteiger partial charge in [-0.3, -0.25) is 0 Å². The smallest absolute Gasteiger partial charge is 0.357 e. The van der Waals surface area contributed by atoms with Crippen molar-refractivity contribution >= 4 is 23.0 Å². The van der Waals surface area contributed by atoms with Crippen LogP contribution in [0.5, 0.6) is 5.75 Å². The number of methoxy groups -OCH3 is 1. The number of para-hydroxylation sites is 1. The average Bonchev–Trinajstić information content (AvgIpc) is 2.62. The maximum absolute atomic E-state index is 12.2. The van der Waals surface area contributed by atoms with Crippen LogP contribution in [0.4, 0.5) is 0 Å². The molecule has 1 aliphatic heterocycles. The van der Waals surface area contributed by atoms with Crippen molar-refractivity contribution in [2.24, 2.45) is 10.9 Å². The fourth-order valence-electron chi connectivity index (χ4n) is 2.60. The van der Waals surface area contributed by atoms with Crippen LogP contribution in [0.15, 0.2) is 46.9 Å². The number of hydrogen-bond acceptors (Lipinski definition) is 6. The van der Waals surface area contributed by atoms with E-state index in [-0.39, 0.29) is 18.2 Å². The standard InChI is InChI=1S/C20H25N3O3/c1-6-26-20(24)16-11-15(12(2)3)22-19(23-16)18(13(4)21)14-9-7-8-10-17(14)25-5/h7-12,21-22H,6H2,1-5H3/b19-18-,21-13?. The first-order valence-corrected chi connectivity index (χ1v) is 8.56. The summed E-state index contributed by atoms with van der Waals surface area (Å²) in [5, 5.41) is 11.5. The highest BCUT2D eigenvalue weighted by Gasteiger charge is 2.23. The predicted molar refractivity (Wildman–Crippen MR) is 103 cm³/mol. The molecule has 0 unspecified atom stereocenters. The van der Waals surface area contributed by atoms with Gasteiger partial charge in [-0.1, -0.05) is 32.0 Å². The fraction of sp³-hybridized carbons (Fsp3) is 0.350. The lowest BCUT2D eigenvalue weighted by molar-refractivity contribution is -0.134. The monoisotopic (exact) mass is 355 g/mol. The summed E-state index contributed by atoms with van der Waals surface area (Å²) in [5.74, 6) is 0.745. The molecule has 0 bridgehead atoms. The van der Waals surface area contributed by atoms with Crippen molar-refractivity contribution in [3.63, 3.8) is 0 Å². The number of benzene rings is 1. The van der Waals surface area contributed by atoms with Gasteiger partial charge < -0.3 is 20.2 Å². The van der Waals surface area contributed by atoms with Crippen LogP contribution in [0, 0.1) is 11.3 Å². The minimum Gasteiger partial charge on any atom is -0.496 e. The number of ether oxygens (including phenoxy) is 2. The number of esters is 1. The summed E-state index contributed by atoms with van der Waals surface area (Å²) in [5.41, 5.74) is 2.69. The number of aliphatic imine (C=N–C) groups is 1. The number of rotatable bonds is 6. The second-order valence-corrected chi connectivity index (χ2v) is 6.15. The highest BCUT2D eigenvalue weighted by Crippen LogP contribution is 2.30. The van der Waals surface area contributed by atoms with E-state index in [2.05, 4.69) is 10.3 Å². The number of allylic oxidation sites excluding steroid dienone is 2. The molecule has 0 saturated carbocycles. The fourth-order valence-corrected chi connectivity index (χ4v) is 2.60. The number of nitrogens with one attached hydrogen (secondary N) is 2. The summed E-state index contributed by atoms with van der Waals surface area (Å²) in [6.45, 7) is 7.75. The molecule has 6 nitrogen and oxygen atoms in total. The van der Waals surface area contributed by atoms with Crippen molar-refractivity contribution in [3.05, 3.63) is 47.4 Å². The molecule has 26 heavy (non-hydrogen) atoms. The lowest BCUT2D eigenvalue weighted by Gasteiger charge is -2.23. The van der Waals surface area contributed by atoms with Crippen LogP contribution in [-0.4, -0.2) is 31.1 Å². The second-order valence-electron chi connectivity index (χ2n) is 6.15. The Morgan fingerprint density at radius 1 is 1.31 bits per heavy atom. The summed E-state index contributed by atoms with van der Waals surface area (Å²) in [4.78, 5) is 16.7. The zero-order valence-corrected chi connectivity index (χ0v) is 15.8. The van der Waals surface area contributed by atoms with Crippen LogP contribution in [0.1, 0.15) is 33.3 Å². The first kappa shape index (κ1) is 19.4. The summed E-state index contributed by atoms with van der Waals surface area (Å²) in [6.07, 6.45) is 1.70. The van der Waals surface area contributed by atoms with Gasteiger partial charge in [0.2, 0.25) is 0 Å². The SMILES string of the molecule is CCOC(=O)C1=N/C(=C(/C(C)=N)c2ccccc2OC)NC(C(C)C)=C1. The molecule has 1 aromatic carbocycles. The minimum atomic E-state index is -0.480. The topological polar surface area (TPSA) is 83.8 Å². The first-order valence-electron chi connectivity index (χ1n) is 8.56. The van der Waals surface area contributed by atoms with E-state index in [1.165, 1.54) is 0 Å². The number of nitrogens with zero attached hydrogens (tertiary/aromatic N) is 1. The van der Waals surface area contributed by atoms with Gasteiger partial charge in [-0.05, 0) is 31.9 Å². The molecule has 138 valence electrons. The largest absolute Gasteiger partial charge is 0.496 e. The van der Waals surface area contributed by atoms with Crippen LogP contribution < -0.4 is 10.1 Å². The van der Waals surface area contributed by atoms with E-state index < -0.39 is 5.97 Å². The van der Waals surface area contributed by atoms with E-state index in [0.717, 1.165) is 11.3 Å². The quantitative estimate of drug-likeness (QED) is 0.604. The average molecular weight is 355 g/mol. The van der Waals surface area contributed by atoms with Crippen LogP contribution >= 0.6 is 0 Å². The van der Waals surface area contributed by atoms with Crippen molar-refractivity contribution in [3.8, 4) is 5.75 Å². The molecule has 6 heteroatoms. The van der Waals surface area contributed by atoms with Gasteiger partial charge in [-0.25, -0.2) is 9.79 Å². The predicted octanol–water partition coefficient (Wildman–Crippen LogP) is 3.55. The Labute approximate surface area is 154 Å². The van der Waals surface area contributed by atoms with Gasteiger partial charge in [0.1, 0.15) is 11.6 Å². The summed E-state index contributed by atoms with van der Waals surface area (Å²) in [6, 6.07) is 7.44. The van der Waals surface area contributed by atoms with Gasteiger partial charge in [-0.15, -0.1) is 0 Å². The first-order chi connectivity index (χ1) is 12.4. The van der Waals surface area contributed by atoms with Gasteiger partial charge in [-0.2, -0.15) is 0 Å². The van der Waals surface area contributed by atoms with Crippen molar-refractivity contribution in [1.82, 2.24) is 5.32 Å². The van der Waals surface area contributed by atoms with Gasteiger partial charge in [0, 0.05) is 22.5 Å². The summed E-state index contributed by atoms with van der Waals surface area (Å²) in [7, 11) is 1.58. The molecular weight excluding hydrogens is 330 g/mol. The molecule has 0 aromatic heterocycles. The molecule has 0 atom stereocenters. The third kappa shape index (κ3) is 4.20. The lowest BCUT2D eigenvalue weighted by atomic mass is 9.99. The molecule has 0 aliphatic carbocycles. The van der Waals surface area contributed by atoms with Crippen molar-refractivity contribution < 1.29 is 14.3 Å². The highest BCUT2D eigenvalue weighted by atomic mass is 16.5. The van der Waals surface area contributed by atoms with E-state index in [0.29, 0.717) is 22.9 Å². The Morgan fingerprint density at radius 3 is 2.58 bits per heavy atom. The Bertz CT molecular complexity index is 804. The number of carbonyl (C=O) groups is 1. The molecule has 2 rings (SSSR count). The molecule has 0 saturated heterocycles. The highest BCUT2D eigenvalue weighted by molar-refractivity contribution is 6.42. The second kappa shape index (κ2) is 8.47. The Morgan fingerprint density at radius 2 is 2.00 bits per heavy atom. The van der Waals surface area contributed by atoms with E-state index in [4.69, 9.17) is 14.9 Å². The molecule has 1 aromatic rings. The van der Waals surface area contributed by atoms with Crippen LogP contribution in [0.3, 0.4) is 0 Å². The van der Waals surface area contributed by atoms with Crippen molar-refractivity contribution in [1.29, 1.82) is 5.41 Å². The van der Waals surface area contributed by atoms with E-state index in [9.17, 15) is 4.79 Å². The molecule has 0 radical (unpaired) electrons. The molecule has 0 fully saturated rings. The Kier molecular flexibility index (Phi) is 6.33. The molecular formula is C20H25N3O3. The number of hydrogen-bond donors (Lipinski definition) is 2. The molecule has 1 aliphatic rings.